The Labute approximate surface area is 129 Å². The van der Waals surface area contributed by atoms with Crippen molar-refractivity contribution in [3.8, 4) is 0 Å². The minimum atomic E-state index is -0.664. The van der Waals surface area contributed by atoms with Crippen molar-refractivity contribution in [2.24, 2.45) is 4.99 Å². The number of non-ortho nitro benzene ring substituents is 1. The van der Waals surface area contributed by atoms with Crippen LogP contribution >= 0.6 is 0 Å². The first-order valence-corrected chi connectivity index (χ1v) is 6.56. The molecule has 0 unspecified atom stereocenters. The minimum absolute atomic E-state index is 0.0164. The van der Waals surface area contributed by atoms with Crippen molar-refractivity contribution in [2.75, 3.05) is 0 Å². The Morgan fingerprint density at radius 3 is 2.57 bits per heavy atom. The van der Waals surface area contributed by atoms with Gasteiger partial charge in [-0.15, -0.1) is 0 Å². The van der Waals surface area contributed by atoms with Crippen LogP contribution < -0.4 is 0 Å². The summed E-state index contributed by atoms with van der Waals surface area (Å²) in [6, 6.07) is 11.2. The first-order chi connectivity index (χ1) is 11.0. The van der Waals surface area contributed by atoms with Gasteiger partial charge in [-0.1, -0.05) is 6.07 Å². The summed E-state index contributed by atoms with van der Waals surface area (Å²) in [5.41, 5.74) is 0.903. The van der Waals surface area contributed by atoms with Gasteiger partial charge in [0.05, 0.1) is 4.92 Å². The quantitative estimate of drug-likeness (QED) is 0.377. The molecule has 0 N–H and O–H groups in total. The molecule has 0 atom stereocenters. The van der Waals surface area contributed by atoms with Crippen LogP contribution in [0, 0.1) is 15.9 Å². The Balaban J connectivity index is 1.90. The summed E-state index contributed by atoms with van der Waals surface area (Å²) in [7, 11) is 0. The number of hydrogen-bond acceptors (Lipinski definition) is 5. The van der Waals surface area contributed by atoms with Crippen molar-refractivity contribution in [1.29, 1.82) is 0 Å². The lowest BCUT2D eigenvalue weighted by atomic mass is 10.2. The van der Waals surface area contributed by atoms with Crippen LogP contribution in [0.1, 0.15) is 11.1 Å². The molecule has 2 aromatic carbocycles. The number of carbonyl (C=O) groups is 1. The average molecular weight is 312 g/mol. The predicted molar refractivity (Wildman–Crippen MR) is 80.1 cm³/mol. The Morgan fingerprint density at radius 1 is 1.17 bits per heavy atom. The van der Waals surface area contributed by atoms with Gasteiger partial charge in [-0.05, 0) is 42.0 Å². The van der Waals surface area contributed by atoms with Gasteiger partial charge in [-0.25, -0.2) is 14.2 Å². The van der Waals surface area contributed by atoms with E-state index in [0.29, 0.717) is 11.1 Å². The molecule has 1 aliphatic heterocycles. The number of ether oxygens (including phenoxy) is 1. The van der Waals surface area contributed by atoms with E-state index in [1.165, 1.54) is 48.5 Å². The van der Waals surface area contributed by atoms with E-state index in [0.717, 1.165) is 0 Å². The van der Waals surface area contributed by atoms with E-state index in [2.05, 4.69) is 4.99 Å². The lowest BCUT2D eigenvalue weighted by Crippen LogP contribution is -2.05. The molecular weight excluding hydrogens is 303 g/mol. The fraction of sp³-hybridized carbons (Fsp3) is 0. The molecule has 3 rings (SSSR count). The molecule has 23 heavy (non-hydrogen) atoms. The molecule has 0 radical (unpaired) electrons. The van der Waals surface area contributed by atoms with E-state index < -0.39 is 16.7 Å². The van der Waals surface area contributed by atoms with Gasteiger partial charge in [0.25, 0.3) is 5.69 Å². The average Bonchev–Trinajstić information content (AvgIpc) is 2.89. The smallest absolute Gasteiger partial charge is 0.363 e. The number of benzene rings is 2. The summed E-state index contributed by atoms with van der Waals surface area (Å²) in [4.78, 5) is 25.9. The molecule has 0 saturated carbocycles. The molecule has 0 bridgehead atoms. The lowest BCUT2D eigenvalue weighted by Gasteiger charge is -1.98. The molecule has 2 aromatic rings. The van der Waals surface area contributed by atoms with Gasteiger partial charge in [0.15, 0.2) is 5.70 Å². The normalized spacial score (nSPS) is 15.4. The van der Waals surface area contributed by atoms with E-state index in [4.69, 9.17) is 4.74 Å². The van der Waals surface area contributed by atoms with Gasteiger partial charge in [-0.2, -0.15) is 0 Å². The van der Waals surface area contributed by atoms with Crippen LogP contribution in [0.15, 0.2) is 59.2 Å². The van der Waals surface area contributed by atoms with Gasteiger partial charge in [0, 0.05) is 17.7 Å². The third kappa shape index (κ3) is 3.13. The molecule has 7 heteroatoms. The van der Waals surface area contributed by atoms with Crippen LogP contribution in [-0.2, 0) is 9.53 Å². The van der Waals surface area contributed by atoms with E-state index in [-0.39, 0.29) is 17.3 Å². The molecule has 0 saturated heterocycles. The molecule has 1 aliphatic rings. The van der Waals surface area contributed by atoms with E-state index in [9.17, 15) is 19.3 Å². The highest BCUT2D eigenvalue weighted by Crippen LogP contribution is 2.20. The largest absolute Gasteiger partial charge is 0.402 e. The van der Waals surface area contributed by atoms with Gasteiger partial charge in [0.1, 0.15) is 5.82 Å². The number of nitrogens with zero attached hydrogens (tertiary/aromatic N) is 2. The Morgan fingerprint density at radius 2 is 1.91 bits per heavy atom. The number of nitro benzene ring substituents is 1. The first kappa shape index (κ1) is 14.6. The van der Waals surface area contributed by atoms with Crippen molar-refractivity contribution < 1.29 is 18.8 Å². The van der Waals surface area contributed by atoms with Gasteiger partial charge < -0.3 is 4.74 Å². The van der Waals surface area contributed by atoms with Crippen LogP contribution in [0.3, 0.4) is 0 Å². The monoisotopic (exact) mass is 312 g/mol. The SMILES string of the molecule is O=C1OC(c2cccc(F)c2)=N/C1=C/c1ccc([N+](=O)[O-])cc1. The fourth-order valence-corrected chi connectivity index (χ4v) is 2.00. The van der Waals surface area contributed by atoms with Crippen molar-refractivity contribution in [3.63, 3.8) is 0 Å². The summed E-state index contributed by atoms with van der Waals surface area (Å²) in [5, 5.41) is 10.6. The summed E-state index contributed by atoms with van der Waals surface area (Å²) in [5.74, 6) is -1.11. The van der Waals surface area contributed by atoms with E-state index >= 15 is 0 Å². The number of carbonyl (C=O) groups excluding carboxylic acids is 1. The molecule has 0 spiro atoms. The number of cyclic esters (lactones) is 1. The van der Waals surface area contributed by atoms with Crippen molar-refractivity contribution >= 4 is 23.6 Å². The van der Waals surface area contributed by atoms with E-state index in [1.807, 2.05) is 0 Å². The second kappa shape index (κ2) is 5.80. The zero-order valence-electron chi connectivity index (χ0n) is 11.6. The van der Waals surface area contributed by atoms with Crippen LogP contribution in [0.25, 0.3) is 6.08 Å². The van der Waals surface area contributed by atoms with Crippen LogP contribution in [-0.4, -0.2) is 16.8 Å². The van der Waals surface area contributed by atoms with E-state index in [1.54, 1.807) is 6.07 Å². The molecule has 0 aromatic heterocycles. The highest BCUT2D eigenvalue weighted by Gasteiger charge is 2.24. The van der Waals surface area contributed by atoms with Gasteiger partial charge in [0.2, 0.25) is 5.90 Å². The minimum Gasteiger partial charge on any atom is -0.402 e. The highest BCUT2D eigenvalue weighted by molar-refractivity contribution is 6.12. The maximum atomic E-state index is 13.2. The number of halogens is 1. The molecule has 0 fully saturated rings. The summed E-state index contributed by atoms with van der Waals surface area (Å²) < 4.78 is 18.2. The molecule has 1 heterocycles. The zero-order chi connectivity index (χ0) is 16.4. The Bertz CT molecular complexity index is 857. The molecule has 6 nitrogen and oxygen atoms in total. The number of nitro groups is 1. The highest BCUT2D eigenvalue weighted by atomic mass is 19.1. The van der Waals surface area contributed by atoms with Crippen molar-refractivity contribution in [3.05, 3.63) is 81.3 Å². The Hall–Kier alpha value is -3.35. The maximum Gasteiger partial charge on any atom is 0.363 e. The lowest BCUT2D eigenvalue weighted by molar-refractivity contribution is -0.384. The van der Waals surface area contributed by atoms with Crippen LogP contribution in [0.5, 0.6) is 0 Å². The van der Waals surface area contributed by atoms with Gasteiger partial charge in [-0.3, -0.25) is 10.1 Å². The standard InChI is InChI=1S/C16H9FN2O4/c17-12-3-1-2-11(9-12)15-18-14(16(20)23-15)8-10-4-6-13(7-5-10)19(21)22/h1-9H/b14-8+. The number of rotatable bonds is 3. The molecular formula is C16H9FN2O4. The summed E-state index contributed by atoms with van der Waals surface area (Å²) in [6.45, 7) is 0. The van der Waals surface area contributed by atoms with Crippen molar-refractivity contribution in [1.82, 2.24) is 0 Å². The predicted octanol–water partition coefficient (Wildman–Crippen LogP) is 3.08. The van der Waals surface area contributed by atoms with Crippen LogP contribution in [0.4, 0.5) is 10.1 Å². The number of aliphatic imine (C=N–C) groups is 1. The zero-order valence-corrected chi connectivity index (χ0v) is 11.6. The second-order valence-corrected chi connectivity index (χ2v) is 4.70. The number of esters is 1. The number of hydrogen-bond donors (Lipinski definition) is 0. The van der Waals surface area contributed by atoms with Crippen LogP contribution in [0.2, 0.25) is 0 Å². The topological polar surface area (TPSA) is 81.8 Å². The molecule has 0 aliphatic carbocycles. The second-order valence-electron chi connectivity index (χ2n) is 4.70. The Kier molecular flexibility index (Phi) is 3.68. The molecule has 0 amide bonds. The van der Waals surface area contributed by atoms with Crippen molar-refractivity contribution in [2.45, 2.75) is 0 Å². The fourth-order valence-electron chi connectivity index (χ4n) is 2.00. The third-order valence-corrected chi connectivity index (χ3v) is 3.10. The summed E-state index contributed by atoms with van der Waals surface area (Å²) >= 11 is 0. The third-order valence-electron chi connectivity index (χ3n) is 3.10. The maximum absolute atomic E-state index is 13.2. The first-order valence-electron chi connectivity index (χ1n) is 6.56. The van der Waals surface area contributed by atoms with Gasteiger partial charge >= 0.3 is 5.97 Å². The molecule has 114 valence electrons. The summed E-state index contributed by atoms with van der Waals surface area (Å²) in [6.07, 6.45) is 1.44.